The molecular weight excluding hydrogens is 415 g/mol. The quantitative estimate of drug-likeness (QED) is 0.616. The smallest absolute Gasteiger partial charge is 0.427 e. The lowest BCUT2D eigenvalue weighted by atomic mass is 9.85. The molecule has 1 spiro atoms. The minimum atomic E-state index is -4.71. The minimum absolute atomic E-state index is 0.0315. The molecule has 9 heteroatoms. The van der Waals surface area contributed by atoms with Crippen LogP contribution in [0.5, 0.6) is 5.75 Å². The normalized spacial score (nSPS) is 21.8. The molecule has 0 N–H and O–H groups in total. The number of hydrogen-bond donors (Lipinski definition) is 0. The van der Waals surface area contributed by atoms with Crippen molar-refractivity contribution in [3.05, 3.63) is 29.8 Å². The summed E-state index contributed by atoms with van der Waals surface area (Å²) >= 11 is 0. The van der Waals surface area contributed by atoms with Gasteiger partial charge in [-0.3, -0.25) is 0 Å². The fourth-order valence-corrected chi connectivity index (χ4v) is 4.04. The van der Waals surface area contributed by atoms with Crippen LogP contribution in [0.3, 0.4) is 0 Å². The molecule has 2 aliphatic heterocycles. The molecule has 1 amide bonds. The molecule has 0 radical (unpaired) electrons. The van der Waals surface area contributed by atoms with Gasteiger partial charge in [0.1, 0.15) is 5.75 Å². The molecule has 2 heterocycles. The Morgan fingerprint density at radius 3 is 2.48 bits per heavy atom. The largest absolute Gasteiger partial charge is 0.497 e. The molecule has 31 heavy (non-hydrogen) atoms. The van der Waals surface area contributed by atoms with E-state index in [1.807, 2.05) is 0 Å². The highest BCUT2D eigenvalue weighted by atomic mass is 19.4. The number of hydrogen-bond acceptors (Lipinski definition) is 5. The van der Waals surface area contributed by atoms with Gasteiger partial charge in [-0.25, -0.2) is 4.79 Å². The van der Waals surface area contributed by atoms with E-state index in [4.69, 9.17) is 18.9 Å². The van der Waals surface area contributed by atoms with E-state index in [2.05, 4.69) is 6.92 Å². The second-order valence-corrected chi connectivity index (χ2v) is 8.24. The number of amides is 1. The molecule has 1 unspecified atom stereocenters. The highest BCUT2D eigenvalue weighted by molar-refractivity contribution is 5.68. The summed E-state index contributed by atoms with van der Waals surface area (Å²) in [6.45, 7) is 2.69. The molecule has 0 saturated carbocycles. The summed E-state index contributed by atoms with van der Waals surface area (Å²) < 4.78 is 61.2. The van der Waals surface area contributed by atoms with E-state index in [0.717, 1.165) is 12.8 Å². The van der Waals surface area contributed by atoms with Crippen LogP contribution in [0.25, 0.3) is 0 Å². The third kappa shape index (κ3) is 6.26. The molecule has 0 bridgehead atoms. The maximum absolute atomic E-state index is 13.4. The average molecular weight is 445 g/mol. The monoisotopic (exact) mass is 445 g/mol. The van der Waals surface area contributed by atoms with E-state index in [0.29, 0.717) is 49.8 Å². The van der Waals surface area contributed by atoms with Gasteiger partial charge in [-0.2, -0.15) is 13.2 Å². The first kappa shape index (κ1) is 23.7. The van der Waals surface area contributed by atoms with Crippen molar-refractivity contribution in [2.75, 3.05) is 33.4 Å². The van der Waals surface area contributed by atoms with Crippen LogP contribution in [0.1, 0.15) is 38.2 Å². The van der Waals surface area contributed by atoms with Gasteiger partial charge in [0.2, 0.25) is 6.10 Å². The number of halogens is 3. The lowest BCUT2D eigenvalue weighted by Crippen LogP contribution is -2.49. The second-order valence-electron chi connectivity index (χ2n) is 8.24. The van der Waals surface area contributed by atoms with Crippen LogP contribution in [0, 0.1) is 5.92 Å². The number of methoxy groups -OCH3 is 1. The number of likely N-dealkylation sites (tertiary alicyclic amines) is 1. The summed E-state index contributed by atoms with van der Waals surface area (Å²) in [4.78, 5) is 13.7. The number of ether oxygens (including phenoxy) is 4. The molecule has 0 aromatic heterocycles. The number of nitrogens with zero attached hydrogens (tertiary/aromatic N) is 1. The Kier molecular flexibility index (Phi) is 7.69. The van der Waals surface area contributed by atoms with Gasteiger partial charge in [0.25, 0.3) is 0 Å². The van der Waals surface area contributed by atoms with Crippen molar-refractivity contribution in [3.8, 4) is 5.75 Å². The first-order chi connectivity index (χ1) is 14.7. The van der Waals surface area contributed by atoms with Gasteiger partial charge in [-0.15, -0.1) is 0 Å². The SMILES string of the molecule is CCC1COC2(CCN(C(=O)O[C@H](COCc3ccc(OC)cc3)C(F)(F)F)CC2)C1. The molecule has 2 saturated heterocycles. The molecular formula is C22H30F3NO5. The predicted octanol–water partition coefficient (Wildman–Crippen LogP) is 4.56. The zero-order chi connectivity index (χ0) is 22.5. The van der Waals surface area contributed by atoms with Crippen molar-refractivity contribution in [2.45, 2.75) is 57.1 Å². The van der Waals surface area contributed by atoms with Crippen molar-refractivity contribution in [2.24, 2.45) is 5.92 Å². The number of carbonyl (C=O) groups excluding carboxylic acids is 1. The summed E-state index contributed by atoms with van der Waals surface area (Å²) in [5.41, 5.74) is 0.443. The van der Waals surface area contributed by atoms with Crippen molar-refractivity contribution < 1.29 is 36.9 Å². The fraction of sp³-hybridized carbons (Fsp3) is 0.682. The molecule has 3 rings (SSSR count). The van der Waals surface area contributed by atoms with Crippen LogP contribution in [0.15, 0.2) is 24.3 Å². The number of piperidine rings is 1. The Labute approximate surface area is 180 Å². The Hall–Kier alpha value is -2.00. The average Bonchev–Trinajstić information content (AvgIpc) is 3.16. The van der Waals surface area contributed by atoms with Gasteiger partial charge < -0.3 is 23.8 Å². The second kappa shape index (κ2) is 10.1. The Morgan fingerprint density at radius 1 is 1.26 bits per heavy atom. The van der Waals surface area contributed by atoms with Crippen LogP contribution in [-0.2, 0) is 20.8 Å². The van der Waals surface area contributed by atoms with Crippen molar-refractivity contribution >= 4 is 6.09 Å². The lowest BCUT2D eigenvalue weighted by Gasteiger charge is -2.38. The maximum atomic E-state index is 13.4. The number of carbonyl (C=O) groups is 1. The molecule has 0 aliphatic carbocycles. The third-order valence-electron chi connectivity index (χ3n) is 6.10. The Bertz CT molecular complexity index is 717. The summed E-state index contributed by atoms with van der Waals surface area (Å²) in [5.74, 6) is 1.15. The highest BCUT2D eigenvalue weighted by Crippen LogP contribution is 2.39. The summed E-state index contributed by atoms with van der Waals surface area (Å²) in [6.07, 6.45) is -4.78. The van der Waals surface area contributed by atoms with Crippen molar-refractivity contribution in [3.63, 3.8) is 0 Å². The molecule has 2 fully saturated rings. The first-order valence-electron chi connectivity index (χ1n) is 10.6. The van der Waals surface area contributed by atoms with Crippen LogP contribution >= 0.6 is 0 Å². The van der Waals surface area contributed by atoms with E-state index in [1.165, 1.54) is 12.0 Å². The van der Waals surface area contributed by atoms with E-state index in [9.17, 15) is 18.0 Å². The molecule has 174 valence electrons. The third-order valence-corrected chi connectivity index (χ3v) is 6.10. The first-order valence-corrected chi connectivity index (χ1v) is 10.6. The zero-order valence-corrected chi connectivity index (χ0v) is 18.0. The van der Waals surface area contributed by atoms with E-state index in [1.54, 1.807) is 24.3 Å². The minimum Gasteiger partial charge on any atom is -0.497 e. The lowest BCUT2D eigenvalue weighted by molar-refractivity contribution is -0.220. The summed E-state index contributed by atoms with van der Waals surface area (Å²) in [7, 11) is 1.53. The number of benzene rings is 1. The van der Waals surface area contributed by atoms with Crippen LogP contribution in [0.4, 0.5) is 18.0 Å². The van der Waals surface area contributed by atoms with Crippen LogP contribution in [-0.4, -0.2) is 62.3 Å². The maximum Gasteiger partial charge on any atom is 0.427 e. The van der Waals surface area contributed by atoms with E-state index >= 15 is 0 Å². The van der Waals surface area contributed by atoms with Gasteiger partial charge >= 0.3 is 12.3 Å². The predicted molar refractivity (Wildman–Crippen MR) is 107 cm³/mol. The Balaban J connectivity index is 1.48. The van der Waals surface area contributed by atoms with Gasteiger partial charge in [-0.05, 0) is 42.9 Å². The molecule has 2 aliphatic rings. The summed E-state index contributed by atoms with van der Waals surface area (Å²) in [5, 5.41) is 0. The summed E-state index contributed by atoms with van der Waals surface area (Å²) in [6, 6.07) is 6.79. The number of alkyl halides is 3. The molecule has 1 aromatic carbocycles. The molecule has 2 atom stereocenters. The van der Waals surface area contributed by atoms with Gasteiger partial charge in [0.05, 0.1) is 32.5 Å². The van der Waals surface area contributed by atoms with E-state index < -0.39 is 25.0 Å². The molecule has 1 aromatic rings. The van der Waals surface area contributed by atoms with Crippen molar-refractivity contribution in [1.82, 2.24) is 4.90 Å². The fourth-order valence-electron chi connectivity index (χ4n) is 4.04. The van der Waals surface area contributed by atoms with E-state index in [-0.39, 0.29) is 12.2 Å². The van der Waals surface area contributed by atoms with Crippen molar-refractivity contribution in [1.29, 1.82) is 0 Å². The highest BCUT2D eigenvalue weighted by Gasteiger charge is 2.46. The zero-order valence-electron chi connectivity index (χ0n) is 18.0. The van der Waals surface area contributed by atoms with Gasteiger partial charge in [0, 0.05) is 13.1 Å². The Morgan fingerprint density at radius 2 is 1.94 bits per heavy atom. The van der Waals surface area contributed by atoms with Gasteiger partial charge in [-0.1, -0.05) is 25.5 Å². The van der Waals surface area contributed by atoms with Crippen LogP contribution < -0.4 is 4.74 Å². The standard InChI is InChI=1S/C22H30F3NO5/c1-3-16-12-21(30-14-16)8-10-26(11-9-21)20(27)31-19(22(23,24)25)15-29-13-17-4-6-18(28-2)7-5-17/h4-7,16,19H,3,8-15H2,1-2H3/t16?,19-/m1/s1. The topological polar surface area (TPSA) is 57.2 Å². The van der Waals surface area contributed by atoms with Crippen LogP contribution in [0.2, 0.25) is 0 Å². The van der Waals surface area contributed by atoms with Gasteiger partial charge in [0.15, 0.2) is 0 Å². The molecule has 6 nitrogen and oxygen atoms in total. The number of rotatable bonds is 7.